The predicted octanol–water partition coefficient (Wildman–Crippen LogP) is 2.54. The Morgan fingerprint density at radius 3 is 2.32 bits per heavy atom. The summed E-state index contributed by atoms with van der Waals surface area (Å²) in [6.45, 7) is 5.25. The second-order valence-electron chi connectivity index (χ2n) is 5.85. The van der Waals surface area contributed by atoms with Gasteiger partial charge in [-0.2, -0.15) is 0 Å². The van der Waals surface area contributed by atoms with Crippen molar-refractivity contribution in [3.63, 3.8) is 0 Å². The SMILES string of the molecule is COc1ccc(C)cc1S(=O)(=O)NCC(=O)Nc1ccc(C)cc1C. The minimum atomic E-state index is -3.87. The van der Waals surface area contributed by atoms with Gasteiger partial charge in [0.1, 0.15) is 10.6 Å². The molecule has 0 fully saturated rings. The van der Waals surface area contributed by atoms with Crippen LogP contribution in [0.5, 0.6) is 5.75 Å². The maximum atomic E-state index is 12.5. The lowest BCUT2D eigenvalue weighted by Crippen LogP contribution is -2.33. The Balaban J connectivity index is 2.09. The first kappa shape index (κ1) is 19.0. The van der Waals surface area contributed by atoms with E-state index in [-0.39, 0.29) is 17.2 Å². The largest absolute Gasteiger partial charge is 0.495 e. The van der Waals surface area contributed by atoms with E-state index in [2.05, 4.69) is 10.0 Å². The molecule has 0 aromatic heterocycles. The lowest BCUT2D eigenvalue weighted by atomic mass is 10.1. The molecule has 0 radical (unpaired) electrons. The normalized spacial score (nSPS) is 11.2. The number of methoxy groups -OCH3 is 1. The third-order valence-corrected chi connectivity index (χ3v) is 5.11. The number of carbonyl (C=O) groups excluding carboxylic acids is 1. The van der Waals surface area contributed by atoms with Gasteiger partial charge in [-0.1, -0.05) is 23.8 Å². The van der Waals surface area contributed by atoms with Crippen LogP contribution in [0.15, 0.2) is 41.3 Å². The Hall–Kier alpha value is -2.38. The van der Waals surface area contributed by atoms with Gasteiger partial charge in [-0.3, -0.25) is 4.79 Å². The molecule has 0 aliphatic heterocycles. The van der Waals surface area contributed by atoms with Crippen molar-refractivity contribution in [1.29, 1.82) is 0 Å². The number of anilines is 1. The first-order chi connectivity index (χ1) is 11.7. The molecule has 25 heavy (non-hydrogen) atoms. The molecule has 1 amide bonds. The van der Waals surface area contributed by atoms with E-state index in [1.807, 2.05) is 26.0 Å². The molecule has 0 aliphatic rings. The molecule has 0 saturated heterocycles. The smallest absolute Gasteiger partial charge is 0.244 e. The van der Waals surface area contributed by atoms with Crippen LogP contribution in [0.3, 0.4) is 0 Å². The lowest BCUT2D eigenvalue weighted by Gasteiger charge is -2.12. The Morgan fingerprint density at radius 2 is 1.68 bits per heavy atom. The van der Waals surface area contributed by atoms with E-state index in [1.54, 1.807) is 25.1 Å². The molecule has 2 rings (SSSR count). The number of nitrogens with one attached hydrogen (secondary N) is 2. The van der Waals surface area contributed by atoms with Crippen molar-refractivity contribution < 1.29 is 17.9 Å². The van der Waals surface area contributed by atoms with Gasteiger partial charge in [0.2, 0.25) is 15.9 Å². The van der Waals surface area contributed by atoms with Crippen LogP contribution in [0.2, 0.25) is 0 Å². The zero-order valence-electron chi connectivity index (χ0n) is 14.7. The molecule has 0 atom stereocenters. The van der Waals surface area contributed by atoms with Crippen LogP contribution in [0.4, 0.5) is 5.69 Å². The van der Waals surface area contributed by atoms with Crippen LogP contribution in [-0.4, -0.2) is 28.0 Å². The number of benzene rings is 2. The quantitative estimate of drug-likeness (QED) is 0.827. The van der Waals surface area contributed by atoms with Crippen molar-refractivity contribution in [3.05, 3.63) is 53.1 Å². The average molecular weight is 362 g/mol. The Kier molecular flexibility index (Phi) is 5.81. The molecule has 2 N–H and O–H groups in total. The molecule has 0 unspecified atom stereocenters. The highest BCUT2D eigenvalue weighted by Gasteiger charge is 2.20. The van der Waals surface area contributed by atoms with Crippen molar-refractivity contribution in [2.24, 2.45) is 0 Å². The molecule has 2 aromatic rings. The van der Waals surface area contributed by atoms with Gasteiger partial charge in [0.15, 0.2) is 0 Å². The van der Waals surface area contributed by atoms with Crippen molar-refractivity contribution >= 4 is 21.6 Å². The summed E-state index contributed by atoms with van der Waals surface area (Å²) in [5, 5.41) is 2.70. The van der Waals surface area contributed by atoms with Gasteiger partial charge in [-0.25, -0.2) is 13.1 Å². The zero-order valence-corrected chi connectivity index (χ0v) is 15.5. The summed E-state index contributed by atoms with van der Waals surface area (Å²) in [6.07, 6.45) is 0. The zero-order chi connectivity index (χ0) is 18.6. The highest BCUT2D eigenvalue weighted by molar-refractivity contribution is 7.89. The van der Waals surface area contributed by atoms with Crippen molar-refractivity contribution in [1.82, 2.24) is 4.72 Å². The summed E-state index contributed by atoms with van der Waals surface area (Å²) in [4.78, 5) is 12.1. The van der Waals surface area contributed by atoms with E-state index in [1.165, 1.54) is 13.2 Å². The maximum absolute atomic E-state index is 12.5. The molecular weight excluding hydrogens is 340 g/mol. The van der Waals surface area contributed by atoms with Crippen molar-refractivity contribution in [2.45, 2.75) is 25.7 Å². The molecule has 134 valence electrons. The van der Waals surface area contributed by atoms with Gasteiger partial charge < -0.3 is 10.1 Å². The molecular formula is C18H22N2O4S. The van der Waals surface area contributed by atoms with E-state index >= 15 is 0 Å². The maximum Gasteiger partial charge on any atom is 0.244 e. The molecule has 2 aromatic carbocycles. The molecule has 0 bridgehead atoms. The average Bonchev–Trinajstić information content (AvgIpc) is 2.55. The van der Waals surface area contributed by atoms with Gasteiger partial charge in [0.05, 0.1) is 13.7 Å². The Bertz CT molecular complexity index is 892. The van der Waals surface area contributed by atoms with Gasteiger partial charge >= 0.3 is 0 Å². The Labute approximate surface area is 148 Å². The number of sulfonamides is 1. The number of aryl methyl sites for hydroxylation is 3. The van der Waals surface area contributed by atoms with Crippen molar-refractivity contribution in [2.75, 3.05) is 19.0 Å². The minimum Gasteiger partial charge on any atom is -0.495 e. The fourth-order valence-corrected chi connectivity index (χ4v) is 3.61. The molecule has 0 spiro atoms. The number of carbonyl (C=O) groups is 1. The van der Waals surface area contributed by atoms with E-state index in [4.69, 9.17) is 4.74 Å². The molecule has 0 saturated carbocycles. The first-order valence-electron chi connectivity index (χ1n) is 7.74. The van der Waals surface area contributed by atoms with Gasteiger partial charge in [0.25, 0.3) is 0 Å². The first-order valence-corrected chi connectivity index (χ1v) is 9.22. The molecule has 0 heterocycles. The van der Waals surface area contributed by atoms with Gasteiger partial charge in [-0.05, 0) is 50.1 Å². The fourth-order valence-electron chi connectivity index (χ4n) is 2.38. The van der Waals surface area contributed by atoms with Crippen molar-refractivity contribution in [3.8, 4) is 5.75 Å². The number of hydrogen-bond acceptors (Lipinski definition) is 4. The van der Waals surface area contributed by atoms with Crippen LogP contribution in [0, 0.1) is 20.8 Å². The predicted molar refractivity (Wildman–Crippen MR) is 97.5 cm³/mol. The summed E-state index contributed by atoms with van der Waals surface area (Å²) < 4.78 is 32.3. The number of hydrogen-bond donors (Lipinski definition) is 2. The summed E-state index contributed by atoms with van der Waals surface area (Å²) in [6, 6.07) is 10.5. The number of amides is 1. The van der Waals surface area contributed by atoms with Crippen LogP contribution >= 0.6 is 0 Å². The molecule has 0 aliphatic carbocycles. The summed E-state index contributed by atoms with van der Waals surface area (Å²) in [7, 11) is -2.47. The van der Waals surface area contributed by atoms with E-state index in [0.29, 0.717) is 5.69 Å². The van der Waals surface area contributed by atoms with Gasteiger partial charge in [-0.15, -0.1) is 0 Å². The van der Waals surface area contributed by atoms with E-state index < -0.39 is 15.9 Å². The third-order valence-electron chi connectivity index (χ3n) is 3.69. The number of ether oxygens (including phenoxy) is 1. The summed E-state index contributed by atoms with van der Waals surface area (Å²) in [5.74, 6) is -0.213. The second kappa shape index (κ2) is 7.67. The highest BCUT2D eigenvalue weighted by atomic mass is 32.2. The minimum absolute atomic E-state index is 0.00863. The molecule has 6 nitrogen and oxygen atoms in total. The lowest BCUT2D eigenvalue weighted by molar-refractivity contribution is -0.115. The summed E-state index contributed by atoms with van der Waals surface area (Å²) in [5.41, 5.74) is 3.43. The fraction of sp³-hybridized carbons (Fsp3) is 0.278. The van der Waals surface area contributed by atoms with Crippen LogP contribution in [0.1, 0.15) is 16.7 Å². The third kappa shape index (κ3) is 4.80. The number of rotatable bonds is 6. The van der Waals surface area contributed by atoms with Crippen LogP contribution < -0.4 is 14.8 Å². The second-order valence-corrected chi connectivity index (χ2v) is 7.58. The monoisotopic (exact) mass is 362 g/mol. The Morgan fingerprint density at radius 1 is 1.04 bits per heavy atom. The molecule has 7 heteroatoms. The van der Waals surface area contributed by atoms with E-state index in [0.717, 1.165) is 16.7 Å². The van der Waals surface area contributed by atoms with E-state index in [9.17, 15) is 13.2 Å². The topological polar surface area (TPSA) is 84.5 Å². The standard InChI is InChI=1S/C18H22N2O4S/c1-12-5-7-15(14(3)9-12)20-18(21)11-19-25(22,23)17-10-13(2)6-8-16(17)24-4/h5-10,19H,11H2,1-4H3,(H,20,21). The van der Waals surface area contributed by atoms with Gasteiger partial charge in [0, 0.05) is 5.69 Å². The van der Waals surface area contributed by atoms with Crippen LogP contribution in [0.25, 0.3) is 0 Å². The van der Waals surface area contributed by atoms with Crippen LogP contribution in [-0.2, 0) is 14.8 Å². The summed E-state index contributed by atoms with van der Waals surface area (Å²) >= 11 is 0. The highest BCUT2D eigenvalue weighted by Crippen LogP contribution is 2.24.